The van der Waals surface area contributed by atoms with Crippen LogP contribution in [-0.2, 0) is 19.1 Å². The zero-order valence-corrected chi connectivity index (χ0v) is 17.0. The fraction of sp³-hybridized carbons (Fsp3) is 0.818. The molecule has 2 saturated heterocycles. The Morgan fingerprint density at radius 2 is 2.00 bits per heavy atom. The number of carbonyl (C=O) groups excluding carboxylic acids is 2. The second-order valence-corrected chi connectivity index (χ2v) is 10.3. The Morgan fingerprint density at radius 1 is 1.28 bits per heavy atom. The molecule has 3 N–H and O–H groups in total. The zero-order valence-electron chi connectivity index (χ0n) is 17.0. The molecule has 29 heavy (non-hydrogen) atoms. The largest absolute Gasteiger partial charge is 0.465 e. The van der Waals surface area contributed by atoms with E-state index in [0.29, 0.717) is 18.4 Å². The predicted octanol–water partition coefficient (Wildman–Crippen LogP) is 0.948. The van der Waals surface area contributed by atoms with E-state index in [0.717, 1.165) is 19.3 Å². The van der Waals surface area contributed by atoms with Gasteiger partial charge in [-0.1, -0.05) is 19.9 Å². The monoisotopic (exact) mass is 406 g/mol. The van der Waals surface area contributed by atoms with Crippen molar-refractivity contribution in [3.05, 3.63) is 12.2 Å². The van der Waals surface area contributed by atoms with Gasteiger partial charge in [-0.05, 0) is 37.2 Å². The third kappa shape index (κ3) is 1.94. The molecule has 6 rings (SSSR count). The molecule has 4 aliphatic carbocycles. The van der Waals surface area contributed by atoms with Crippen molar-refractivity contribution in [2.45, 2.75) is 63.9 Å². The van der Waals surface area contributed by atoms with Gasteiger partial charge in [0.05, 0.1) is 19.3 Å². The molecular weight excluding hydrogens is 376 g/mol. The lowest BCUT2D eigenvalue weighted by Crippen LogP contribution is -2.84. The summed E-state index contributed by atoms with van der Waals surface area (Å²) < 4.78 is 11.3. The molecule has 4 bridgehead atoms. The highest BCUT2D eigenvalue weighted by Gasteiger charge is 2.85. The SMILES string of the molecule is C=C1C(=O)[C@]23[C@@H](O)[C@H]1CC[C@H]2[C@]12CCC[C@@](C)(COC(C)=O)[C@H]1[C@H](O)[C@]3(O)OC2. The van der Waals surface area contributed by atoms with Crippen LogP contribution in [0.4, 0.5) is 0 Å². The van der Waals surface area contributed by atoms with Gasteiger partial charge in [-0.25, -0.2) is 0 Å². The fourth-order valence-corrected chi connectivity index (χ4v) is 8.24. The van der Waals surface area contributed by atoms with Crippen LogP contribution in [0.15, 0.2) is 12.2 Å². The summed E-state index contributed by atoms with van der Waals surface area (Å²) in [4.78, 5) is 25.0. The summed E-state index contributed by atoms with van der Waals surface area (Å²) >= 11 is 0. The molecule has 4 saturated carbocycles. The highest BCUT2D eigenvalue weighted by atomic mass is 16.6. The Hall–Kier alpha value is -1.28. The number of fused-ring (bicyclic) bond motifs is 2. The lowest BCUT2D eigenvalue weighted by atomic mass is 9.36. The minimum Gasteiger partial charge on any atom is -0.465 e. The van der Waals surface area contributed by atoms with Crippen molar-refractivity contribution in [3.8, 4) is 0 Å². The lowest BCUT2D eigenvalue weighted by molar-refractivity contribution is -0.450. The van der Waals surface area contributed by atoms with Gasteiger partial charge in [0.1, 0.15) is 11.5 Å². The lowest BCUT2D eigenvalue weighted by Gasteiger charge is -2.74. The van der Waals surface area contributed by atoms with Crippen LogP contribution in [0.2, 0.25) is 0 Å². The number of rotatable bonds is 2. The summed E-state index contributed by atoms with van der Waals surface area (Å²) in [7, 11) is 0. The number of hydrogen-bond acceptors (Lipinski definition) is 7. The number of carbonyl (C=O) groups is 2. The summed E-state index contributed by atoms with van der Waals surface area (Å²) in [6, 6.07) is 0. The van der Waals surface area contributed by atoms with E-state index in [1.165, 1.54) is 6.92 Å². The van der Waals surface area contributed by atoms with E-state index in [4.69, 9.17) is 9.47 Å². The number of ketones is 1. The number of ether oxygens (including phenoxy) is 2. The summed E-state index contributed by atoms with van der Waals surface area (Å²) in [5, 5.41) is 34.5. The molecule has 6 fully saturated rings. The molecule has 9 atom stereocenters. The Morgan fingerprint density at radius 3 is 2.69 bits per heavy atom. The average molecular weight is 406 g/mol. The van der Waals surface area contributed by atoms with Crippen LogP contribution < -0.4 is 0 Å². The van der Waals surface area contributed by atoms with Crippen molar-refractivity contribution >= 4 is 11.8 Å². The number of aliphatic hydroxyl groups is 3. The summed E-state index contributed by atoms with van der Waals surface area (Å²) in [5.41, 5.74) is -2.35. The molecule has 7 heteroatoms. The smallest absolute Gasteiger partial charge is 0.302 e. The molecule has 2 aliphatic heterocycles. The van der Waals surface area contributed by atoms with E-state index in [9.17, 15) is 24.9 Å². The zero-order chi connectivity index (χ0) is 21.0. The first kappa shape index (κ1) is 19.7. The molecular formula is C22H30O7. The Balaban J connectivity index is 1.68. The van der Waals surface area contributed by atoms with Gasteiger partial charge in [0.2, 0.25) is 5.79 Å². The number of Topliss-reactive ketones (excluding diaryl/α,β-unsaturated/α-hetero) is 1. The van der Waals surface area contributed by atoms with E-state index in [2.05, 4.69) is 6.58 Å². The quantitative estimate of drug-likeness (QED) is 0.462. The average Bonchev–Trinajstić information content (AvgIpc) is 2.77. The molecule has 0 amide bonds. The van der Waals surface area contributed by atoms with Crippen LogP contribution >= 0.6 is 0 Å². The third-order valence-corrected chi connectivity index (χ3v) is 9.21. The molecule has 2 heterocycles. The first-order valence-electron chi connectivity index (χ1n) is 10.7. The summed E-state index contributed by atoms with van der Waals surface area (Å²) in [5.74, 6) is -4.02. The fourth-order valence-electron chi connectivity index (χ4n) is 8.24. The van der Waals surface area contributed by atoms with E-state index in [1.807, 2.05) is 6.92 Å². The van der Waals surface area contributed by atoms with Crippen molar-refractivity contribution < 1.29 is 34.4 Å². The number of hydrogen-bond donors (Lipinski definition) is 3. The molecule has 0 aromatic carbocycles. The maximum Gasteiger partial charge on any atom is 0.302 e. The molecule has 160 valence electrons. The molecule has 7 nitrogen and oxygen atoms in total. The van der Waals surface area contributed by atoms with Crippen molar-refractivity contribution in [3.63, 3.8) is 0 Å². The molecule has 0 aromatic rings. The molecule has 0 radical (unpaired) electrons. The van der Waals surface area contributed by atoms with Gasteiger partial charge in [0.15, 0.2) is 5.78 Å². The molecule has 2 spiro atoms. The molecule has 6 aliphatic rings. The number of aliphatic hydroxyl groups excluding tert-OH is 2. The normalized spacial score (nSPS) is 55.4. The minimum atomic E-state index is -2.17. The summed E-state index contributed by atoms with van der Waals surface area (Å²) in [6.45, 7) is 7.63. The van der Waals surface area contributed by atoms with Crippen LogP contribution in [0, 0.1) is 34.0 Å². The van der Waals surface area contributed by atoms with E-state index in [1.54, 1.807) is 0 Å². The maximum atomic E-state index is 13.5. The highest BCUT2D eigenvalue weighted by Crippen LogP contribution is 2.76. The van der Waals surface area contributed by atoms with E-state index in [-0.39, 0.29) is 30.9 Å². The van der Waals surface area contributed by atoms with Gasteiger partial charge < -0.3 is 24.8 Å². The second kappa shape index (κ2) is 5.69. The predicted molar refractivity (Wildman–Crippen MR) is 100 cm³/mol. The third-order valence-electron chi connectivity index (χ3n) is 9.21. The van der Waals surface area contributed by atoms with Gasteiger partial charge in [-0.2, -0.15) is 0 Å². The van der Waals surface area contributed by atoms with Crippen LogP contribution in [-0.4, -0.2) is 58.3 Å². The Bertz CT molecular complexity index is 809. The molecule has 0 unspecified atom stereocenters. The van der Waals surface area contributed by atoms with Crippen LogP contribution in [0.1, 0.15) is 46.0 Å². The van der Waals surface area contributed by atoms with Gasteiger partial charge in [-0.3, -0.25) is 9.59 Å². The minimum absolute atomic E-state index is 0.146. The van der Waals surface area contributed by atoms with E-state index >= 15 is 0 Å². The van der Waals surface area contributed by atoms with Crippen molar-refractivity contribution in [1.29, 1.82) is 0 Å². The Labute approximate surface area is 170 Å². The van der Waals surface area contributed by atoms with Gasteiger partial charge in [0, 0.05) is 29.6 Å². The summed E-state index contributed by atoms with van der Waals surface area (Å²) in [6.07, 6.45) is 1.15. The van der Waals surface area contributed by atoms with Gasteiger partial charge in [-0.15, -0.1) is 0 Å². The van der Waals surface area contributed by atoms with Crippen molar-refractivity contribution in [1.82, 2.24) is 0 Å². The van der Waals surface area contributed by atoms with E-state index < -0.39 is 46.1 Å². The standard InChI is InChI=1S/C22H30O7/c1-11-13-5-6-14-20-8-4-7-19(3,9-28-12(2)23)15(20)18(26)22(27,29-10-20)21(14,16(11)24)17(13)25/h13-15,17-18,25-27H,1,4-10H2,2-3H3/t13-,14-,15+,17-,18-,19-,20+,21-,22-/m0/s1. The van der Waals surface area contributed by atoms with Crippen LogP contribution in [0.25, 0.3) is 0 Å². The second-order valence-electron chi connectivity index (χ2n) is 10.3. The first-order chi connectivity index (χ1) is 13.6. The highest BCUT2D eigenvalue weighted by molar-refractivity contribution is 6.05. The molecule has 0 aromatic heterocycles. The van der Waals surface area contributed by atoms with Crippen molar-refractivity contribution in [2.75, 3.05) is 13.2 Å². The van der Waals surface area contributed by atoms with Crippen LogP contribution in [0.5, 0.6) is 0 Å². The van der Waals surface area contributed by atoms with Crippen molar-refractivity contribution in [2.24, 2.45) is 34.0 Å². The number of esters is 1. The topological polar surface area (TPSA) is 113 Å². The maximum absolute atomic E-state index is 13.5. The van der Waals surface area contributed by atoms with Gasteiger partial charge >= 0.3 is 5.97 Å². The first-order valence-corrected chi connectivity index (χ1v) is 10.7. The van der Waals surface area contributed by atoms with Crippen LogP contribution in [0.3, 0.4) is 0 Å². The van der Waals surface area contributed by atoms with Gasteiger partial charge in [0.25, 0.3) is 0 Å². The Kier molecular flexibility index (Phi) is 3.86.